The Hall–Kier alpha value is -1.37. The molecule has 3 heteroatoms. The molecule has 1 aromatic carbocycles. The van der Waals surface area contributed by atoms with Gasteiger partial charge in [0.05, 0.1) is 31.8 Å². The highest BCUT2D eigenvalue weighted by Crippen LogP contribution is 2.00. The Morgan fingerprint density at radius 3 is 2.73 bits per heavy atom. The van der Waals surface area contributed by atoms with E-state index in [1.807, 2.05) is 36.4 Å². The third-order valence-corrected chi connectivity index (χ3v) is 2.02. The maximum absolute atomic E-state index is 9.20. The second-order valence-electron chi connectivity index (χ2n) is 3.33. The van der Waals surface area contributed by atoms with Crippen LogP contribution in [0.3, 0.4) is 0 Å². The van der Waals surface area contributed by atoms with Gasteiger partial charge in [-0.05, 0) is 12.0 Å². The van der Waals surface area contributed by atoms with E-state index < -0.39 is 6.10 Å². The van der Waals surface area contributed by atoms with E-state index in [0.717, 1.165) is 6.42 Å². The minimum absolute atomic E-state index is 0.130. The highest BCUT2D eigenvalue weighted by Gasteiger charge is 2.02. The van der Waals surface area contributed by atoms with Crippen molar-refractivity contribution in [1.82, 2.24) is 0 Å². The van der Waals surface area contributed by atoms with E-state index in [0.29, 0.717) is 6.61 Å². The molecule has 0 aromatic heterocycles. The molecule has 0 heterocycles. The predicted molar refractivity (Wildman–Crippen MR) is 57.2 cm³/mol. The van der Waals surface area contributed by atoms with Crippen molar-refractivity contribution in [1.29, 1.82) is 5.26 Å². The average molecular weight is 205 g/mol. The maximum Gasteiger partial charge on any atom is 0.0903 e. The molecule has 80 valence electrons. The minimum Gasteiger partial charge on any atom is -0.390 e. The molecule has 0 aliphatic rings. The number of aliphatic hydroxyl groups is 1. The normalized spacial score (nSPS) is 12.0. The first-order valence-corrected chi connectivity index (χ1v) is 4.99. The second kappa shape index (κ2) is 6.99. The van der Waals surface area contributed by atoms with Crippen LogP contribution in [-0.2, 0) is 11.2 Å². The predicted octanol–water partition coefficient (Wildman–Crippen LogP) is 1.52. The van der Waals surface area contributed by atoms with Gasteiger partial charge >= 0.3 is 0 Å². The third kappa shape index (κ3) is 5.16. The van der Waals surface area contributed by atoms with Crippen molar-refractivity contribution in [3.63, 3.8) is 0 Å². The van der Waals surface area contributed by atoms with Gasteiger partial charge in [0, 0.05) is 0 Å². The van der Waals surface area contributed by atoms with Gasteiger partial charge in [-0.25, -0.2) is 0 Å². The Balaban J connectivity index is 2.10. The van der Waals surface area contributed by atoms with Crippen LogP contribution in [0.5, 0.6) is 0 Å². The molecule has 0 saturated carbocycles. The number of hydrogen-bond donors (Lipinski definition) is 1. The van der Waals surface area contributed by atoms with Gasteiger partial charge in [0.1, 0.15) is 0 Å². The summed E-state index contributed by atoms with van der Waals surface area (Å²) in [6, 6.07) is 11.9. The molecule has 0 aliphatic heterocycles. The minimum atomic E-state index is -0.661. The Morgan fingerprint density at radius 2 is 2.07 bits per heavy atom. The fourth-order valence-corrected chi connectivity index (χ4v) is 1.22. The van der Waals surface area contributed by atoms with Crippen LogP contribution < -0.4 is 0 Å². The molecule has 1 atom stereocenters. The SMILES string of the molecule is N#CC[C@@H](O)COCCc1ccccc1. The van der Waals surface area contributed by atoms with E-state index >= 15 is 0 Å². The summed E-state index contributed by atoms with van der Waals surface area (Å²) >= 11 is 0. The average Bonchev–Trinajstić information content (AvgIpc) is 2.26. The summed E-state index contributed by atoms with van der Waals surface area (Å²) in [6.07, 6.45) is 0.302. The van der Waals surface area contributed by atoms with Crippen LogP contribution >= 0.6 is 0 Å². The first-order chi connectivity index (χ1) is 7.33. The number of hydrogen-bond acceptors (Lipinski definition) is 3. The number of benzene rings is 1. The molecule has 3 nitrogen and oxygen atoms in total. The van der Waals surface area contributed by atoms with E-state index in [-0.39, 0.29) is 13.0 Å². The number of nitrogens with zero attached hydrogens (tertiary/aromatic N) is 1. The van der Waals surface area contributed by atoms with Crippen LogP contribution in [-0.4, -0.2) is 24.4 Å². The molecule has 0 spiro atoms. The summed E-state index contributed by atoms with van der Waals surface area (Å²) < 4.78 is 5.25. The van der Waals surface area contributed by atoms with Crippen molar-refractivity contribution in [2.24, 2.45) is 0 Å². The fourth-order valence-electron chi connectivity index (χ4n) is 1.22. The zero-order valence-corrected chi connectivity index (χ0v) is 8.60. The molecular weight excluding hydrogens is 190 g/mol. The van der Waals surface area contributed by atoms with Crippen molar-refractivity contribution in [2.45, 2.75) is 18.9 Å². The molecule has 0 saturated heterocycles. The van der Waals surface area contributed by atoms with E-state index in [4.69, 9.17) is 10.00 Å². The van der Waals surface area contributed by atoms with Crippen LogP contribution in [0.25, 0.3) is 0 Å². The van der Waals surface area contributed by atoms with Gasteiger partial charge in [0.2, 0.25) is 0 Å². The molecule has 0 unspecified atom stereocenters. The molecule has 1 N–H and O–H groups in total. The largest absolute Gasteiger partial charge is 0.390 e. The Kier molecular flexibility index (Phi) is 5.46. The zero-order chi connectivity index (χ0) is 10.9. The molecule has 0 fully saturated rings. The first-order valence-electron chi connectivity index (χ1n) is 4.99. The fraction of sp³-hybridized carbons (Fsp3) is 0.417. The number of nitriles is 1. The lowest BCUT2D eigenvalue weighted by Gasteiger charge is -2.07. The van der Waals surface area contributed by atoms with Crippen molar-refractivity contribution in [3.05, 3.63) is 35.9 Å². The van der Waals surface area contributed by atoms with Gasteiger partial charge in [-0.15, -0.1) is 0 Å². The molecule has 0 aliphatic carbocycles. The number of aliphatic hydroxyl groups excluding tert-OH is 1. The van der Waals surface area contributed by atoms with Crippen LogP contribution in [0, 0.1) is 11.3 Å². The smallest absolute Gasteiger partial charge is 0.0903 e. The van der Waals surface area contributed by atoms with Gasteiger partial charge in [-0.3, -0.25) is 0 Å². The quantitative estimate of drug-likeness (QED) is 0.716. The Bertz CT molecular complexity index is 305. The van der Waals surface area contributed by atoms with Gasteiger partial charge in [-0.1, -0.05) is 30.3 Å². The van der Waals surface area contributed by atoms with Crippen molar-refractivity contribution < 1.29 is 9.84 Å². The third-order valence-electron chi connectivity index (χ3n) is 2.02. The zero-order valence-electron chi connectivity index (χ0n) is 8.60. The highest BCUT2D eigenvalue weighted by molar-refractivity contribution is 5.14. The molecular formula is C12H15NO2. The lowest BCUT2D eigenvalue weighted by molar-refractivity contribution is 0.0406. The van der Waals surface area contributed by atoms with Gasteiger partial charge in [0.15, 0.2) is 0 Å². The monoisotopic (exact) mass is 205 g/mol. The van der Waals surface area contributed by atoms with Gasteiger partial charge in [0.25, 0.3) is 0 Å². The molecule has 0 amide bonds. The topological polar surface area (TPSA) is 53.2 Å². The number of rotatable bonds is 6. The summed E-state index contributed by atoms with van der Waals surface area (Å²) in [5.41, 5.74) is 1.22. The van der Waals surface area contributed by atoms with E-state index in [1.54, 1.807) is 0 Å². The number of ether oxygens (including phenoxy) is 1. The van der Waals surface area contributed by atoms with Crippen LogP contribution in [0.1, 0.15) is 12.0 Å². The molecule has 1 rings (SSSR count). The lowest BCUT2D eigenvalue weighted by Crippen LogP contribution is -2.15. The lowest BCUT2D eigenvalue weighted by atomic mass is 10.2. The van der Waals surface area contributed by atoms with Crippen LogP contribution in [0.4, 0.5) is 0 Å². The standard InChI is InChI=1S/C12H15NO2/c13-8-6-12(14)10-15-9-7-11-4-2-1-3-5-11/h1-5,12,14H,6-7,9-10H2/t12-/m1/s1. The van der Waals surface area contributed by atoms with E-state index in [2.05, 4.69) is 0 Å². The molecule has 0 radical (unpaired) electrons. The summed E-state index contributed by atoms with van der Waals surface area (Å²) in [4.78, 5) is 0. The maximum atomic E-state index is 9.20. The Morgan fingerprint density at radius 1 is 1.33 bits per heavy atom. The van der Waals surface area contributed by atoms with Crippen molar-refractivity contribution in [2.75, 3.05) is 13.2 Å². The summed E-state index contributed by atoms with van der Waals surface area (Å²) in [6.45, 7) is 0.812. The van der Waals surface area contributed by atoms with Crippen molar-refractivity contribution >= 4 is 0 Å². The van der Waals surface area contributed by atoms with Crippen LogP contribution in [0.2, 0.25) is 0 Å². The highest BCUT2D eigenvalue weighted by atomic mass is 16.5. The Labute approximate surface area is 89.9 Å². The molecule has 1 aromatic rings. The van der Waals surface area contributed by atoms with Crippen LogP contribution in [0.15, 0.2) is 30.3 Å². The second-order valence-corrected chi connectivity index (χ2v) is 3.33. The molecule has 15 heavy (non-hydrogen) atoms. The first kappa shape index (κ1) is 11.7. The van der Waals surface area contributed by atoms with Gasteiger partial charge in [-0.2, -0.15) is 5.26 Å². The van der Waals surface area contributed by atoms with E-state index in [1.165, 1.54) is 5.56 Å². The molecule has 0 bridgehead atoms. The van der Waals surface area contributed by atoms with Crippen molar-refractivity contribution in [3.8, 4) is 6.07 Å². The van der Waals surface area contributed by atoms with E-state index in [9.17, 15) is 5.11 Å². The van der Waals surface area contributed by atoms with Gasteiger partial charge < -0.3 is 9.84 Å². The summed E-state index contributed by atoms with van der Waals surface area (Å²) in [7, 11) is 0. The summed E-state index contributed by atoms with van der Waals surface area (Å²) in [5, 5.41) is 17.5. The summed E-state index contributed by atoms with van der Waals surface area (Å²) in [5.74, 6) is 0.